The summed E-state index contributed by atoms with van der Waals surface area (Å²) >= 11 is 0. The van der Waals surface area contributed by atoms with Gasteiger partial charge >= 0.3 is 0 Å². The maximum absolute atomic E-state index is 12.5. The van der Waals surface area contributed by atoms with E-state index in [1.807, 2.05) is 12.1 Å². The van der Waals surface area contributed by atoms with Gasteiger partial charge in [-0.15, -0.1) is 0 Å². The first-order valence-corrected chi connectivity index (χ1v) is 9.86. The van der Waals surface area contributed by atoms with Crippen molar-refractivity contribution in [1.82, 2.24) is 14.8 Å². The molecule has 1 aromatic heterocycles. The van der Waals surface area contributed by atoms with Gasteiger partial charge in [0.25, 0.3) is 6.47 Å². The molecule has 2 aliphatic heterocycles. The number of rotatable bonds is 4. The molecule has 1 aliphatic carbocycles. The minimum Gasteiger partial charge on any atom is -0.488 e. The van der Waals surface area contributed by atoms with Gasteiger partial charge in [0.15, 0.2) is 0 Å². The van der Waals surface area contributed by atoms with Gasteiger partial charge in [-0.2, -0.15) is 0 Å². The average molecular weight is 375 g/mol. The first kappa shape index (κ1) is 19.6. The monoisotopic (exact) mass is 375 g/mol. The Bertz CT molecular complexity index is 607. The van der Waals surface area contributed by atoms with E-state index in [0.717, 1.165) is 51.2 Å². The largest absolute Gasteiger partial charge is 0.488 e. The number of piperidine rings is 1. The normalized spacial score (nSPS) is 27.4. The molecular formula is C20H29N3O4. The standard InChI is InChI=1S/C19H27N3O2.CH2O2/c23-19(22-9-2-1-3-10-22)14-21-12-15-6-7-18(17(15)13-21)24-16-5-4-8-20-11-16;2-1-3/h4-5,8,11,15,17-18H,1-3,6-7,9-10,12-14H2;1H,(H,2,3)/t15-,17+,18-;/m1./s1. The van der Waals surface area contributed by atoms with Gasteiger partial charge in [-0.05, 0) is 50.2 Å². The maximum Gasteiger partial charge on any atom is 0.290 e. The van der Waals surface area contributed by atoms with Crippen LogP contribution in [-0.4, -0.2) is 71.1 Å². The summed E-state index contributed by atoms with van der Waals surface area (Å²) in [6.45, 7) is 4.29. The quantitative estimate of drug-likeness (QED) is 0.809. The Morgan fingerprint density at radius 1 is 1.26 bits per heavy atom. The molecule has 27 heavy (non-hydrogen) atoms. The molecule has 2 saturated heterocycles. The molecule has 1 N–H and O–H groups in total. The fraction of sp³-hybridized carbons (Fsp3) is 0.650. The number of ether oxygens (including phenoxy) is 1. The summed E-state index contributed by atoms with van der Waals surface area (Å²) in [6.07, 6.45) is 9.77. The zero-order chi connectivity index (χ0) is 19.1. The number of fused-ring (bicyclic) bond motifs is 1. The second-order valence-corrected chi connectivity index (χ2v) is 7.59. The summed E-state index contributed by atoms with van der Waals surface area (Å²) in [6, 6.07) is 3.90. The molecule has 0 aromatic carbocycles. The summed E-state index contributed by atoms with van der Waals surface area (Å²) < 4.78 is 6.17. The number of hydrogen-bond acceptors (Lipinski definition) is 5. The van der Waals surface area contributed by atoms with Gasteiger partial charge in [0.05, 0.1) is 12.7 Å². The molecule has 148 valence electrons. The van der Waals surface area contributed by atoms with Crippen molar-refractivity contribution in [2.45, 2.75) is 38.2 Å². The van der Waals surface area contributed by atoms with Crippen LogP contribution < -0.4 is 4.74 Å². The molecule has 7 nitrogen and oxygen atoms in total. The number of carboxylic acid groups (broad SMARTS) is 1. The Morgan fingerprint density at radius 2 is 2.04 bits per heavy atom. The molecule has 7 heteroatoms. The van der Waals surface area contributed by atoms with Gasteiger partial charge in [0, 0.05) is 38.3 Å². The molecule has 3 fully saturated rings. The first-order valence-electron chi connectivity index (χ1n) is 9.86. The highest BCUT2D eigenvalue weighted by molar-refractivity contribution is 5.78. The number of nitrogens with zero attached hydrogens (tertiary/aromatic N) is 3. The molecule has 0 spiro atoms. The van der Waals surface area contributed by atoms with Crippen LogP contribution in [0, 0.1) is 11.8 Å². The SMILES string of the molecule is O=C(CN1C[C@H]2CC[C@@H](Oc3cccnc3)[C@H]2C1)N1CCCCC1.O=CO. The molecule has 4 rings (SSSR count). The highest BCUT2D eigenvalue weighted by Crippen LogP contribution is 2.40. The Labute approximate surface area is 160 Å². The molecule has 0 bridgehead atoms. The van der Waals surface area contributed by atoms with Crippen LogP contribution >= 0.6 is 0 Å². The number of carbonyl (C=O) groups is 2. The van der Waals surface area contributed by atoms with Crippen molar-refractivity contribution in [3.8, 4) is 5.75 Å². The van der Waals surface area contributed by atoms with Crippen molar-refractivity contribution in [3.63, 3.8) is 0 Å². The van der Waals surface area contributed by atoms with E-state index < -0.39 is 0 Å². The summed E-state index contributed by atoms with van der Waals surface area (Å²) in [4.78, 5) is 29.4. The van der Waals surface area contributed by atoms with E-state index in [-0.39, 0.29) is 12.6 Å². The predicted molar refractivity (Wildman–Crippen MR) is 100 cm³/mol. The lowest BCUT2D eigenvalue weighted by atomic mass is 9.99. The second-order valence-electron chi connectivity index (χ2n) is 7.59. The van der Waals surface area contributed by atoms with Crippen LogP contribution in [0.3, 0.4) is 0 Å². The smallest absolute Gasteiger partial charge is 0.290 e. The van der Waals surface area contributed by atoms with Crippen LogP contribution in [0.4, 0.5) is 0 Å². The van der Waals surface area contributed by atoms with Crippen LogP contribution in [0.5, 0.6) is 5.75 Å². The van der Waals surface area contributed by atoms with Crippen LogP contribution in [0.1, 0.15) is 32.1 Å². The molecule has 1 aromatic rings. The van der Waals surface area contributed by atoms with E-state index in [0.29, 0.717) is 24.3 Å². The average Bonchev–Trinajstić information content (AvgIpc) is 3.25. The van der Waals surface area contributed by atoms with Gasteiger partial charge in [0.2, 0.25) is 5.91 Å². The zero-order valence-corrected chi connectivity index (χ0v) is 15.7. The molecule has 0 radical (unpaired) electrons. The van der Waals surface area contributed by atoms with Crippen LogP contribution in [0.15, 0.2) is 24.5 Å². The fourth-order valence-corrected chi connectivity index (χ4v) is 4.61. The van der Waals surface area contributed by atoms with Crippen molar-refractivity contribution in [3.05, 3.63) is 24.5 Å². The lowest BCUT2D eigenvalue weighted by molar-refractivity contribution is -0.133. The minimum absolute atomic E-state index is 0.250. The van der Waals surface area contributed by atoms with E-state index in [9.17, 15) is 4.79 Å². The molecular weight excluding hydrogens is 346 g/mol. The Balaban J connectivity index is 0.000000659. The number of hydrogen-bond donors (Lipinski definition) is 1. The molecule has 0 unspecified atom stereocenters. The van der Waals surface area contributed by atoms with E-state index in [1.54, 1.807) is 12.4 Å². The van der Waals surface area contributed by atoms with Gasteiger partial charge in [-0.25, -0.2) is 0 Å². The Morgan fingerprint density at radius 3 is 2.74 bits per heavy atom. The van der Waals surface area contributed by atoms with Crippen molar-refractivity contribution in [2.75, 3.05) is 32.7 Å². The first-order chi connectivity index (χ1) is 13.2. The number of amides is 1. The molecule has 3 atom stereocenters. The second kappa shape index (κ2) is 9.69. The Hall–Kier alpha value is -2.15. The molecule has 1 saturated carbocycles. The highest BCUT2D eigenvalue weighted by atomic mass is 16.5. The van der Waals surface area contributed by atoms with Crippen LogP contribution in [0.2, 0.25) is 0 Å². The van der Waals surface area contributed by atoms with Gasteiger partial charge < -0.3 is 14.7 Å². The topological polar surface area (TPSA) is 83.0 Å². The minimum atomic E-state index is -0.250. The third-order valence-electron chi connectivity index (χ3n) is 5.86. The number of likely N-dealkylation sites (tertiary alicyclic amines) is 2. The van der Waals surface area contributed by atoms with E-state index in [2.05, 4.69) is 14.8 Å². The molecule has 1 amide bonds. The Kier molecular flexibility index (Phi) is 7.04. The van der Waals surface area contributed by atoms with Crippen LogP contribution in [-0.2, 0) is 9.59 Å². The predicted octanol–water partition coefficient (Wildman–Crippen LogP) is 1.88. The third kappa shape index (κ3) is 5.19. The highest BCUT2D eigenvalue weighted by Gasteiger charge is 2.44. The van der Waals surface area contributed by atoms with Crippen molar-refractivity contribution >= 4 is 12.4 Å². The van der Waals surface area contributed by atoms with Crippen LogP contribution in [0.25, 0.3) is 0 Å². The maximum atomic E-state index is 12.5. The summed E-state index contributed by atoms with van der Waals surface area (Å²) in [5, 5.41) is 6.89. The number of carbonyl (C=O) groups excluding carboxylic acids is 1. The van der Waals surface area contributed by atoms with Gasteiger partial charge in [-0.3, -0.25) is 19.5 Å². The van der Waals surface area contributed by atoms with E-state index >= 15 is 0 Å². The van der Waals surface area contributed by atoms with Crippen molar-refractivity contribution in [1.29, 1.82) is 0 Å². The zero-order valence-electron chi connectivity index (χ0n) is 15.7. The lowest BCUT2D eigenvalue weighted by Crippen LogP contribution is -2.42. The summed E-state index contributed by atoms with van der Waals surface area (Å²) in [7, 11) is 0. The number of pyridine rings is 1. The van der Waals surface area contributed by atoms with Gasteiger partial charge in [-0.1, -0.05) is 0 Å². The molecule has 3 heterocycles. The van der Waals surface area contributed by atoms with Gasteiger partial charge in [0.1, 0.15) is 11.9 Å². The fourth-order valence-electron chi connectivity index (χ4n) is 4.61. The third-order valence-corrected chi connectivity index (χ3v) is 5.86. The lowest BCUT2D eigenvalue weighted by Gasteiger charge is -2.29. The van der Waals surface area contributed by atoms with Crippen molar-refractivity contribution in [2.24, 2.45) is 11.8 Å². The van der Waals surface area contributed by atoms with Crippen molar-refractivity contribution < 1.29 is 19.4 Å². The molecule has 3 aliphatic rings. The van der Waals surface area contributed by atoms with E-state index in [4.69, 9.17) is 14.6 Å². The summed E-state index contributed by atoms with van der Waals surface area (Å²) in [5.41, 5.74) is 0. The number of aromatic nitrogens is 1. The summed E-state index contributed by atoms with van der Waals surface area (Å²) in [5.74, 6) is 2.42. The van der Waals surface area contributed by atoms with E-state index in [1.165, 1.54) is 12.8 Å².